The van der Waals surface area contributed by atoms with Crippen molar-refractivity contribution < 1.29 is 9.53 Å². The van der Waals surface area contributed by atoms with Gasteiger partial charge in [0, 0.05) is 10.0 Å². The molecule has 0 radical (unpaired) electrons. The number of carbonyl (C=O) groups is 1. The molecule has 0 heterocycles. The number of rotatable bonds is 4. The first-order valence-corrected chi connectivity index (χ1v) is 5.90. The number of hydrogen-bond acceptors (Lipinski definition) is 2. The Kier molecular flexibility index (Phi) is 5.10. The molecule has 0 aliphatic carbocycles. The Bertz CT molecular complexity index is 357. The van der Waals surface area contributed by atoms with Gasteiger partial charge in [0.2, 0.25) is 0 Å². The van der Waals surface area contributed by atoms with E-state index in [-0.39, 0.29) is 11.9 Å². The van der Waals surface area contributed by atoms with Crippen LogP contribution in [0.4, 0.5) is 0 Å². The van der Waals surface area contributed by atoms with Gasteiger partial charge in [-0.15, -0.1) is 0 Å². The number of hydrogen-bond donors (Lipinski definition) is 0. The molecule has 1 aromatic carbocycles. The van der Waals surface area contributed by atoms with Crippen LogP contribution in [0.2, 0.25) is 10.0 Å². The van der Waals surface area contributed by atoms with Gasteiger partial charge in [-0.2, -0.15) is 0 Å². The summed E-state index contributed by atoms with van der Waals surface area (Å²) in [4.78, 5) is 11.4. The van der Waals surface area contributed by atoms with E-state index in [0.29, 0.717) is 23.1 Å². The topological polar surface area (TPSA) is 26.3 Å². The second-order valence-corrected chi connectivity index (χ2v) is 4.51. The van der Waals surface area contributed by atoms with Crippen LogP contribution in [0.25, 0.3) is 0 Å². The van der Waals surface area contributed by atoms with Gasteiger partial charge in [0.15, 0.2) is 0 Å². The summed E-state index contributed by atoms with van der Waals surface area (Å²) in [6.07, 6.45) is 0.582. The Hall–Kier alpha value is -0.730. The van der Waals surface area contributed by atoms with E-state index < -0.39 is 0 Å². The average Bonchev–Trinajstić information content (AvgIpc) is 2.16. The summed E-state index contributed by atoms with van der Waals surface area (Å²) in [6, 6.07) is 5.29. The van der Waals surface area contributed by atoms with Crippen LogP contribution in [0.15, 0.2) is 18.2 Å². The third-order valence-electron chi connectivity index (χ3n) is 2.15. The molecule has 0 spiro atoms. The Balaban J connectivity index is 2.69. The van der Waals surface area contributed by atoms with Gasteiger partial charge in [-0.1, -0.05) is 30.1 Å². The Labute approximate surface area is 106 Å². The maximum atomic E-state index is 11.4. The van der Waals surface area contributed by atoms with Crippen LogP contribution in [0.1, 0.15) is 19.4 Å². The van der Waals surface area contributed by atoms with Crippen molar-refractivity contribution >= 4 is 29.2 Å². The van der Waals surface area contributed by atoms with E-state index in [1.807, 2.05) is 19.1 Å². The van der Waals surface area contributed by atoms with Gasteiger partial charge in [-0.25, -0.2) is 0 Å². The summed E-state index contributed by atoms with van der Waals surface area (Å²) in [5, 5.41) is 1.16. The molecule has 0 aliphatic heterocycles. The summed E-state index contributed by atoms with van der Waals surface area (Å²) >= 11 is 11.7. The van der Waals surface area contributed by atoms with Crippen LogP contribution in [-0.4, -0.2) is 12.6 Å². The predicted molar refractivity (Wildman–Crippen MR) is 66.0 cm³/mol. The van der Waals surface area contributed by atoms with Crippen molar-refractivity contribution in [1.29, 1.82) is 0 Å². The van der Waals surface area contributed by atoms with Crippen LogP contribution >= 0.6 is 23.2 Å². The van der Waals surface area contributed by atoms with Gasteiger partial charge in [-0.05, 0) is 37.1 Å². The lowest BCUT2D eigenvalue weighted by Gasteiger charge is -2.10. The highest BCUT2D eigenvalue weighted by atomic mass is 35.5. The molecular weight excluding hydrogens is 247 g/mol. The highest BCUT2D eigenvalue weighted by Gasteiger charge is 2.14. The second kappa shape index (κ2) is 6.12. The molecular formula is C12H14Cl2O2. The van der Waals surface area contributed by atoms with E-state index in [4.69, 9.17) is 27.9 Å². The molecule has 1 aromatic rings. The van der Waals surface area contributed by atoms with Crippen molar-refractivity contribution in [1.82, 2.24) is 0 Å². The zero-order valence-electron chi connectivity index (χ0n) is 9.30. The van der Waals surface area contributed by atoms with Crippen molar-refractivity contribution in [3.05, 3.63) is 33.8 Å². The van der Waals surface area contributed by atoms with Crippen molar-refractivity contribution in [2.24, 2.45) is 5.92 Å². The van der Waals surface area contributed by atoms with Crippen molar-refractivity contribution in [3.8, 4) is 0 Å². The molecule has 16 heavy (non-hydrogen) atoms. The smallest absolute Gasteiger partial charge is 0.308 e. The monoisotopic (exact) mass is 260 g/mol. The van der Waals surface area contributed by atoms with Gasteiger partial charge in [0.1, 0.15) is 0 Å². The largest absolute Gasteiger partial charge is 0.466 e. The molecule has 2 nitrogen and oxygen atoms in total. The van der Waals surface area contributed by atoms with Crippen LogP contribution in [0, 0.1) is 5.92 Å². The summed E-state index contributed by atoms with van der Waals surface area (Å²) in [6.45, 7) is 4.02. The first-order chi connectivity index (χ1) is 7.52. The zero-order valence-corrected chi connectivity index (χ0v) is 10.8. The lowest BCUT2D eigenvalue weighted by atomic mass is 10.0. The lowest BCUT2D eigenvalue weighted by Crippen LogP contribution is -2.16. The number of ether oxygens (including phenoxy) is 1. The predicted octanol–water partition coefficient (Wildman–Crippen LogP) is 3.74. The molecule has 1 atom stereocenters. The number of esters is 1. The zero-order chi connectivity index (χ0) is 12.1. The van der Waals surface area contributed by atoms with Crippen molar-refractivity contribution in [2.45, 2.75) is 20.3 Å². The fourth-order valence-corrected chi connectivity index (χ4v) is 2.02. The minimum Gasteiger partial charge on any atom is -0.466 e. The van der Waals surface area contributed by atoms with Crippen molar-refractivity contribution in [2.75, 3.05) is 6.61 Å². The SMILES string of the molecule is CCOC(=O)C(C)Cc1cc(Cl)cc(Cl)c1. The van der Waals surface area contributed by atoms with Crippen LogP contribution in [0.5, 0.6) is 0 Å². The first-order valence-electron chi connectivity index (χ1n) is 5.14. The first kappa shape index (κ1) is 13.3. The van der Waals surface area contributed by atoms with E-state index in [1.165, 1.54) is 0 Å². The molecule has 1 rings (SSSR count). The Morgan fingerprint density at radius 3 is 2.38 bits per heavy atom. The van der Waals surface area contributed by atoms with Gasteiger partial charge in [0.05, 0.1) is 12.5 Å². The fraction of sp³-hybridized carbons (Fsp3) is 0.417. The summed E-state index contributed by atoms with van der Waals surface area (Å²) in [7, 11) is 0. The Morgan fingerprint density at radius 2 is 1.88 bits per heavy atom. The lowest BCUT2D eigenvalue weighted by molar-refractivity contribution is -0.147. The molecule has 0 fully saturated rings. The van der Waals surface area contributed by atoms with E-state index in [1.54, 1.807) is 13.0 Å². The number of benzene rings is 1. The normalized spacial score (nSPS) is 12.2. The summed E-state index contributed by atoms with van der Waals surface area (Å²) in [5.74, 6) is -0.381. The molecule has 4 heteroatoms. The van der Waals surface area contributed by atoms with Crippen molar-refractivity contribution in [3.63, 3.8) is 0 Å². The highest BCUT2D eigenvalue weighted by Crippen LogP contribution is 2.21. The van der Waals surface area contributed by atoms with Crippen LogP contribution in [-0.2, 0) is 16.0 Å². The third kappa shape index (κ3) is 4.03. The third-order valence-corrected chi connectivity index (χ3v) is 2.59. The molecule has 0 aromatic heterocycles. The van der Waals surface area contributed by atoms with Crippen LogP contribution in [0.3, 0.4) is 0 Å². The fourth-order valence-electron chi connectivity index (χ4n) is 1.45. The maximum Gasteiger partial charge on any atom is 0.308 e. The molecule has 1 unspecified atom stereocenters. The second-order valence-electron chi connectivity index (χ2n) is 3.63. The van der Waals surface area contributed by atoms with Gasteiger partial charge < -0.3 is 4.74 Å². The minimum atomic E-state index is -0.196. The van der Waals surface area contributed by atoms with Crippen LogP contribution < -0.4 is 0 Å². The van der Waals surface area contributed by atoms with Gasteiger partial charge >= 0.3 is 5.97 Å². The average molecular weight is 261 g/mol. The molecule has 0 bridgehead atoms. The molecule has 0 amide bonds. The molecule has 0 N–H and O–H groups in total. The number of carbonyl (C=O) groups excluding carboxylic acids is 1. The molecule has 0 aliphatic rings. The summed E-state index contributed by atoms with van der Waals surface area (Å²) in [5.41, 5.74) is 0.943. The van der Waals surface area contributed by atoms with Gasteiger partial charge in [0.25, 0.3) is 0 Å². The van der Waals surface area contributed by atoms with E-state index in [9.17, 15) is 4.79 Å². The molecule has 88 valence electrons. The van der Waals surface area contributed by atoms with E-state index in [2.05, 4.69) is 0 Å². The standard InChI is InChI=1S/C12H14Cl2O2/c1-3-16-12(15)8(2)4-9-5-10(13)7-11(14)6-9/h5-8H,3-4H2,1-2H3. The maximum absolute atomic E-state index is 11.4. The Morgan fingerprint density at radius 1 is 1.31 bits per heavy atom. The van der Waals surface area contributed by atoms with E-state index in [0.717, 1.165) is 5.56 Å². The van der Waals surface area contributed by atoms with E-state index >= 15 is 0 Å². The number of halogens is 2. The summed E-state index contributed by atoms with van der Waals surface area (Å²) < 4.78 is 4.93. The molecule has 0 saturated heterocycles. The molecule has 0 saturated carbocycles. The highest BCUT2D eigenvalue weighted by molar-refractivity contribution is 6.34. The quantitative estimate of drug-likeness (QED) is 0.772. The van der Waals surface area contributed by atoms with Gasteiger partial charge in [-0.3, -0.25) is 4.79 Å². The minimum absolute atomic E-state index is 0.186.